The second-order valence-electron chi connectivity index (χ2n) is 3.77. The maximum absolute atomic E-state index is 5.67. The van der Waals surface area contributed by atoms with Gasteiger partial charge in [0.15, 0.2) is 0 Å². The molecule has 1 nitrogen and oxygen atoms in total. The molecular weight excluding hydrogens is 216 g/mol. The van der Waals surface area contributed by atoms with Gasteiger partial charge in [0.1, 0.15) is 11.5 Å². The van der Waals surface area contributed by atoms with E-state index in [1.165, 1.54) is 10.5 Å². The van der Waals surface area contributed by atoms with Gasteiger partial charge >= 0.3 is 0 Å². The quantitative estimate of drug-likeness (QED) is 0.739. The fraction of sp³-hybridized carbons (Fsp3) is 0.143. The predicted molar refractivity (Wildman–Crippen MR) is 66.4 cm³/mol. The zero-order chi connectivity index (χ0) is 10.8. The van der Waals surface area contributed by atoms with Crippen molar-refractivity contribution in [2.24, 2.45) is 0 Å². The molecule has 80 valence electrons. The maximum Gasteiger partial charge on any atom is 0.139 e. The second kappa shape index (κ2) is 4.32. The average molecular weight is 228 g/mol. The van der Waals surface area contributed by atoms with Crippen molar-refractivity contribution in [2.75, 3.05) is 0 Å². The summed E-state index contributed by atoms with van der Waals surface area (Å²) < 4.78 is 5.67. The first-order chi connectivity index (χ1) is 7.93. The zero-order valence-corrected chi connectivity index (χ0v) is 9.56. The summed E-state index contributed by atoms with van der Waals surface area (Å²) in [5, 5.41) is 0. The first kappa shape index (κ1) is 9.94. The van der Waals surface area contributed by atoms with Crippen molar-refractivity contribution in [3.8, 4) is 0 Å². The monoisotopic (exact) mass is 228 g/mol. The molecule has 1 aliphatic heterocycles. The first-order valence-electron chi connectivity index (χ1n) is 5.35. The summed E-state index contributed by atoms with van der Waals surface area (Å²) in [5.74, 6) is 0. The average Bonchev–Trinajstić information content (AvgIpc) is 3.11. The number of epoxide rings is 1. The van der Waals surface area contributed by atoms with Gasteiger partial charge in [0.2, 0.25) is 0 Å². The Morgan fingerprint density at radius 3 is 2.12 bits per heavy atom. The lowest BCUT2D eigenvalue weighted by Gasteiger charge is -1.96. The molecule has 2 aromatic carbocycles. The highest BCUT2D eigenvalue weighted by Gasteiger charge is 2.40. The molecule has 0 bridgehead atoms. The van der Waals surface area contributed by atoms with Crippen LogP contribution in [0.15, 0.2) is 65.6 Å². The van der Waals surface area contributed by atoms with Gasteiger partial charge < -0.3 is 4.74 Å². The molecule has 2 heteroatoms. The van der Waals surface area contributed by atoms with Crippen molar-refractivity contribution in [2.45, 2.75) is 16.4 Å². The van der Waals surface area contributed by atoms with Gasteiger partial charge in [0, 0.05) is 4.90 Å². The molecule has 1 heterocycles. The molecule has 0 spiro atoms. The highest BCUT2D eigenvalue weighted by Crippen LogP contribution is 2.48. The van der Waals surface area contributed by atoms with Crippen molar-refractivity contribution in [3.05, 3.63) is 66.2 Å². The highest BCUT2D eigenvalue weighted by atomic mass is 32.2. The molecule has 1 fully saturated rings. The minimum Gasteiger partial charge on any atom is -0.353 e. The highest BCUT2D eigenvalue weighted by molar-refractivity contribution is 8.00. The minimum atomic E-state index is 0.270. The van der Waals surface area contributed by atoms with Crippen LogP contribution in [-0.2, 0) is 4.74 Å². The van der Waals surface area contributed by atoms with E-state index in [9.17, 15) is 0 Å². The number of benzene rings is 2. The van der Waals surface area contributed by atoms with E-state index >= 15 is 0 Å². The summed E-state index contributed by atoms with van der Waals surface area (Å²) in [6.07, 6.45) is 0.270. The Morgan fingerprint density at radius 1 is 0.812 bits per heavy atom. The molecule has 0 aliphatic carbocycles. The van der Waals surface area contributed by atoms with Crippen LogP contribution < -0.4 is 0 Å². The Hall–Kier alpha value is -1.25. The third kappa shape index (κ3) is 2.13. The maximum atomic E-state index is 5.67. The van der Waals surface area contributed by atoms with Gasteiger partial charge in [-0.25, -0.2) is 0 Å². The molecule has 0 amide bonds. The lowest BCUT2D eigenvalue weighted by atomic mass is 10.2. The van der Waals surface area contributed by atoms with Crippen LogP contribution in [0, 0.1) is 0 Å². The smallest absolute Gasteiger partial charge is 0.139 e. The zero-order valence-electron chi connectivity index (χ0n) is 8.74. The van der Waals surface area contributed by atoms with Gasteiger partial charge in [-0.2, -0.15) is 0 Å². The van der Waals surface area contributed by atoms with Gasteiger partial charge in [0.05, 0.1) is 0 Å². The minimum absolute atomic E-state index is 0.270. The van der Waals surface area contributed by atoms with E-state index in [0.29, 0.717) is 0 Å². The van der Waals surface area contributed by atoms with Crippen LogP contribution in [0.1, 0.15) is 11.7 Å². The second-order valence-corrected chi connectivity index (χ2v) is 4.94. The number of hydrogen-bond donors (Lipinski definition) is 0. The number of thioether (sulfide) groups is 1. The lowest BCUT2D eigenvalue weighted by molar-refractivity contribution is 0.406. The Bertz CT molecular complexity index is 455. The van der Waals surface area contributed by atoms with Gasteiger partial charge in [-0.1, -0.05) is 60.3 Å². The fourth-order valence-electron chi connectivity index (χ4n) is 1.70. The molecule has 0 saturated carbocycles. The summed E-state index contributed by atoms with van der Waals surface area (Å²) in [4.78, 5) is 1.27. The number of ether oxygens (including phenoxy) is 1. The molecule has 1 aliphatic rings. The van der Waals surface area contributed by atoms with Crippen molar-refractivity contribution < 1.29 is 4.74 Å². The van der Waals surface area contributed by atoms with E-state index in [1.54, 1.807) is 11.8 Å². The van der Waals surface area contributed by atoms with Crippen LogP contribution in [0.5, 0.6) is 0 Å². The molecule has 3 rings (SSSR count). The molecular formula is C14H12OS. The molecule has 1 saturated heterocycles. The van der Waals surface area contributed by atoms with E-state index in [4.69, 9.17) is 4.74 Å². The Morgan fingerprint density at radius 2 is 1.44 bits per heavy atom. The van der Waals surface area contributed by atoms with Crippen molar-refractivity contribution >= 4 is 11.8 Å². The van der Waals surface area contributed by atoms with Crippen molar-refractivity contribution in [1.82, 2.24) is 0 Å². The summed E-state index contributed by atoms with van der Waals surface area (Å²) in [6.45, 7) is 0. The van der Waals surface area contributed by atoms with Crippen molar-refractivity contribution in [1.29, 1.82) is 0 Å². The van der Waals surface area contributed by atoms with Gasteiger partial charge in [-0.15, -0.1) is 0 Å². The first-order valence-corrected chi connectivity index (χ1v) is 6.23. The normalized spacial score (nSPS) is 23.0. The standard InChI is InChI=1S/C14H12OS/c1-3-7-11(8-4-1)13-14(15-13)16-12-9-5-2-6-10-12/h1-10,13-14H/t13-,14+/m0/s1. The van der Waals surface area contributed by atoms with Gasteiger partial charge in [-0.05, 0) is 17.7 Å². The molecule has 16 heavy (non-hydrogen) atoms. The molecule has 0 unspecified atom stereocenters. The summed E-state index contributed by atoms with van der Waals surface area (Å²) in [5.41, 5.74) is 1.56. The van der Waals surface area contributed by atoms with E-state index in [0.717, 1.165) is 0 Å². The Balaban J connectivity index is 1.65. The fourth-order valence-corrected chi connectivity index (χ4v) is 2.74. The van der Waals surface area contributed by atoms with E-state index in [2.05, 4.69) is 48.5 Å². The summed E-state index contributed by atoms with van der Waals surface area (Å²) in [6, 6.07) is 20.8. The number of hydrogen-bond acceptors (Lipinski definition) is 2. The third-order valence-corrected chi connectivity index (χ3v) is 3.71. The van der Waals surface area contributed by atoms with E-state index in [-0.39, 0.29) is 11.5 Å². The molecule has 0 radical (unpaired) electrons. The van der Waals surface area contributed by atoms with E-state index < -0.39 is 0 Å². The molecule has 0 N–H and O–H groups in total. The predicted octanol–water partition coefficient (Wildman–Crippen LogP) is 3.88. The molecule has 0 aromatic heterocycles. The summed E-state index contributed by atoms with van der Waals surface area (Å²) >= 11 is 1.79. The van der Waals surface area contributed by atoms with Crippen LogP contribution in [0.4, 0.5) is 0 Å². The van der Waals surface area contributed by atoms with Crippen molar-refractivity contribution in [3.63, 3.8) is 0 Å². The van der Waals surface area contributed by atoms with E-state index in [1.807, 2.05) is 12.1 Å². The molecule has 2 atom stereocenters. The van der Waals surface area contributed by atoms with Gasteiger partial charge in [-0.3, -0.25) is 0 Å². The van der Waals surface area contributed by atoms with Gasteiger partial charge in [0.25, 0.3) is 0 Å². The van der Waals surface area contributed by atoms with Crippen LogP contribution in [0.25, 0.3) is 0 Å². The largest absolute Gasteiger partial charge is 0.353 e. The lowest BCUT2D eigenvalue weighted by Crippen LogP contribution is -1.83. The Kier molecular flexibility index (Phi) is 2.68. The Labute approximate surface area is 99.4 Å². The third-order valence-electron chi connectivity index (χ3n) is 2.57. The van der Waals surface area contributed by atoms with Crippen LogP contribution in [0.2, 0.25) is 0 Å². The van der Waals surface area contributed by atoms with Crippen LogP contribution >= 0.6 is 11.8 Å². The topological polar surface area (TPSA) is 12.5 Å². The number of rotatable bonds is 3. The summed E-state index contributed by atoms with van der Waals surface area (Å²) in [7, 11) is 0. The van der Waals surface area contributed by atoms with Crippen LogP contribution in [-0.4, -0.2) is 5.44 Å². The molecule has 2 aromatic rings. The SMILES string of the molecule is c1ccc(S[C@H]2O[C@H]2c2ccccc2)cc1. The van der Waals surface area contributed by atoms with Crippen LogP contribution in [0.3, 0.4) is 0 Å².